The van der Waals surface area contributed by atoms with E-state index in [1.807, 2.05) is 13.8 Å². The number of amides is 1. The zero-order valence-electron chi connectivity index (χ0n) is 9.69. The highest BCUT2D eigenvalue weighted by molar-refractivity contribution is 5.77. The Morgan fingerprint density at radius 1 is 1.38 bits per heavy atom. The van der Waals surface area contributed by atoms with Gasteiger partial charge in [0.15, 0.2) is 6.61 Å². The number of anilines is 1. The van der Waals surface area contributed by atoms with Gasteiger partial charge in [-0.15, -0.1) is 0 Å². The monoisotopic (exact) mass is 222 g/mol. The van der Waals surface area contributed by atoms with Crippen LogP contribution in [-0.2, 0) is 4.79 Å². The molecule has 0 aliphatic heterocycles. The SMILES string of the molecule is CC(C)CNC(=O)COc1ccc(N)cc1. The van der Waals surface area contributed by atoms with E-state index in [2.05, 4.69) is 5.32 Å². The maximum atomic E-state index is 11.3. The van der Waals surface area contributed by atoms with Crippen molar-refractivity contribution in [2.75, 3.05) is 18.9 Å². The van der Waals surface area contributed by atoms with Gasteiger partial charge >= 0.3 is 0 Å². The molecule has 16 heavy (non-hydrogen) atoms. The molecule has 0 fully saturated rings. The highest BCUT2D eigenvalue weighted by Gasteiger charge is 2.03. The standard InChI is InChI=1S/C12H18N2O2/c1-9(2)7-14-12(15)8-16-11-5-3-10(13)4-6-11/h3-6,9H,7-8,13H2,1-2H3,(H,14,15). The van der Waals surface area contributed by atoms with Crippen LogP contribution < -0.4 is 15.8 Å². The van der Waals surface area contributed by atoms with Crippen LogP contribution in [0.25, 0.3) is 0 Å². The van der Waals surface area contributed by atoms with Crippen molar-refractivity contribution >= 4 is 11.6 Å². The summed E-state index contributed by atoms with van der Waals surface area (Å²) in [5, 5.41) is 2.78. The molecule has 4 heteroatoms. The summed E-state index contributed by atoms with van der Waals surface area (Å²) >= 11 is 0. The summed E-state index contributed by atoms with van der Waals surface area (Å²) < 4.78 is 5.29. The minimum absolute atomic E-state index is 0.0383. The topological polar surface area (TPSA) is 64.3 Å². The number of hydrogen-bond donors (Lipinski definition) is 2. The predicted molar refractivity (Wildman–Crippen MR) is 64.2 cm³/mol. The molecule has 0 bridgehead atoms. The molecular weight excluding hydrogens is 204 g/mol. The first kappa shape index (κ1) is 12.4. The Kier molecular flexibility index (Phi) is 4.64. The summed E-state index contributed by atoms with van der Waals surface area (Å²) in [5.41, 5.74) is 6.21. The minimum Gasteiger partial charge on any atom is -0.484 e. The van der Waals surface area contributed by atoms with Gasteiger partial charge in [0.2, 0.25) is 0 Å². The van der Waals surface area contributed by atoms with Crippen LogP contribution in [0.1, 0.15) is 13.8 Å². The summed E-state index contributed by atoms with van der Waals surface area (Å²) in [5.74, 6) is 0.986. The largest absolute Gasteiger partial charge is 0.484 e. The van der Waals surface area contributed by atoms with Crippen LogP contribution >= 0.6 is 0 Å². The molecule has 0 aliphatic carbocycles. The Bertz CT molecular complexity index is 333. The second-order valence-corrected chi connectivity index (χ2v) is 4.06. The third-order valence-corrected chi connectivity index (χ3v) is 1.96. The lowest BCUT2D eigenvalue weighted by atomic mass is 10.2. The molecule has 0 spiro atoms. The number of nitrogens with two attached hydrogens (primary N) is 1. The smallest absolute Gasteiger partial charge is 0.257 e. The number of carbonyl (C=O) groups excluding carboxylic acids is 1. The summed E-state index contributed by atoms with van der Waals surface area (Å²) in [6.07, 6.45) is 0. The van der Waals surface area contributed by atoms with E-state index >= 15 is 0 Å². The number of rotatable bonds is 5. The van der Waals surface area contributed by atoms with Crippen LogP contribution in [-0.4, -0.2) is 19.1 Å². The van der Waals surface area contributed by atoms with Gasteiger partial charge in [-0.1, -0.05) is 13.8 Å². The van der Waals surface area contributed by atoms with Crippen molar-refractivity contribution in [3.05, 3.63) is 24.3 Å². The van der Waals surface area contributed by atoms with E-state index in [9.17, 15) is 4.79 Å². The molecule has 1 aromatic rings. The van der Waals surface area contributed by atoms with E-state index in [4.69, 9.17) is 10.5 Å². The Morgan fingerprint density at radius 2 is 2.00 bits per heavy atom. The Labute approximate surface area is 95.8 Å². The van der Waals surface area contributed by atoms with Gasteiger partial charge in [0.25, 0.3) is 5.91 Å². The summed E-state index contributed by atoms with van der Waals surface area (Å²) in [7, 11) is 0. The van der Waals surface area contributed by atoms with E-state index in [0.29, 0.717) is 23.9 Å². The Balaban J connectivity index is 2.29. The average Bonchev–Trinajstić information content (AvgIpc) is 2.25. The molecule has 0 radical (unpaired) electrons. The van der Waals surface area contributed by atoms with Crippen molar-refractivity contribution in [3.63, 3.8) is 0 Å². The van der Waals surface area contributed by atoms with Crippen molar-refractivity contribution in [1.29, 1.82) is 0 Å². The molecular formula is C12H18N2O2. The zero-order chi connectivity index (χ0) is 12.0. The first-order chi connectivity index (χ1) is 7.58. The van der Waals surface area contributed by atoms with Crippen LogP contribution in [0.5, 0.6) is 5.75 Å². The van der Waals surface area contributed by atoms with E-state index in [1.54, 1.807) is 24.3 Å². The first-order valence-corrected chi connectivity index (χ1v) is 5.33. The van der Waals surface area contributed by atoms with Gasteiger partial charge in [0.1, 0.15) is 5.75 Å². The van der Waals surface area contributed by atoms with Gasteiger partial charge in [0, 0.05) is 12.2 Å². The zero-order valence-corrected chi connectivity index (χ0v) is 9.69. The highest BCUT2D eigenvalue weighted by atomic mass is 16.5. The Hall–Kier alpha value is -1.71. The third-order valence-electron chi connectivity index (χ3n) is 1.96. The van der Waals surface area contributed by atoms with Crippen molar-refractivity contribution in [2.45, 2.75) is 13.8 Å². The molecule has 1 rings (SSSR count). The van der Waals surface area contributed by atoms with Crippen LogP contribution in [0.4, 0.5) is 5.69 Å². The molecule has 0 unspecified atom stereocenters. The van der Waals surface area contributed by atoms with Gasteiger partial charge in [-0.25, -0.2) is 0 Å². The maximum absolute atomic E-state index is 11.3. The van der Waals surface area contributed by atoms with Crippen LogP contribution in [0.2, 0.25) is 0 Å². The van der Waals surface area contributed by atoms with Crippen LogP contribution in [0.3, 0.4) is 0 Å². The van der Waals surface area contributed by atoms with Crippen molar-refractivity contribution in [1.82, 2.24) is 5.32 Å². The fourth-order valence-electron chi connectivity index (χ4n) is 1.08. The molecule has 0 aromatic heterocycles. The van der Waals surface area contributed by atoms with Gasteiger partial charge < -0.3 is 15.8 Å². The van der Waals surface area contributed by atoms with E-state index < -0.39 is 0 Å². The lowest BCUT2D eigenvalue weighted by molar-refractivity contribution is -0.123. The average molecular weight is 222 g/mol. The van der Waals surface area contributed by atoms with Gasteiger partial charge in [-0.3, -0.25) is 4.79 Å². The van der Waals surface area contributed by atoms with Crippen molar-refractivity contribution in [2.24, 2.45) is 5.92 Å². The number of ether oxygens (including phenoxy) is 1. The fourth-order valence-corrected chi connectivity index (χ4v) is 1.08. The summed E-state index contributed by atoms with van der Waals surface area (Å²) in [6.45, 7) is 4.79. The fraction of sp³-hybridized carbons (Fsp3) is 0.417. The minimum atomic E-state index is -0.106. The van der Waals surface area contributed by atoms with E-state index in [1.165, 1.54) is 0 Å². The van der Waals surface area contributed by atoms with Gasteiger partial charge in [-0.05, 0) is 30.2 Å². The highest BCUT2D eigenvalue weighted by Crippen LogP contribution is 2.12. The molecule has 1 amide bonds. The first-order valence-electron chi connectivity index (χ1n) is 5.33. The molecule has 3 N–H and O–H groups in total. The quantitative estimate of drug-likeness (QED) is 0.740. The molecule has 0 atom stereocenters. The molecule has 88 valence electrons. The van der Waals surface area contributed by atoms with Gasteiger partial charge in [-0.2, -0.15) is 0 Å². The Morgan fingerprint density at radius 3 is 2.56 bits per heavy atom. The number of carbonyl (C=O) groups is 1. The number of hydrogen-bond acceptors (Lipinski definition) is 3. The summed E-state index contributed by atoms with van der Waals surface area (Å²) in [4.78, 5) is 11.3. The van der Waals surface area contributed by atoms with Crippen LogP contribution in [0.15, 0.2) is 24.3 Å². The third kappa shape index (κ3) is 4.68. The second kappa shape index (κ2) is 6.00. The predicted octanol–water partition coefficient (Wildman–Crippen LogP) is 1.42. The molecule has 0 saturated carbocycles. The maximum Gasteiger partial charge on any atom is 0.257 e. The molecule has 0 heterocycles. The summed E-state index contributed by atoms with van der Waals surface area (Å²) in [6, 6.07) is 6.96. The normalized spacial score (nSPS) is 10.2. The van der Waals surface area contributed by atoms with Gasteiger partial charge in [0.05, 0.1) is 0 Å². The number of benzene rings is 1. The molecule has 1 aromatic carbocycles. The van der Waals surface area contributed by atoms with Crippen molar-refractivity contribution < 1.29 is 9.53 Å². The molecule has 0 saturated heterocycles. The lowest BCUT2D eigenvalue weighted by Crippen LogP contribution is -2.31. The van der Waals surface area contributed by atoms with E-state index in [-0.39, 0.29) is 12.5 Å². The van der Waals surface area contributed by atoms with E-state index in [0.717, 1.165) is 0 Å². The molecule has 0 aliphatic rings. The number of nitrogen functional groups attached to an aromatic ring is 1. The van der Waals surface area contributed by atoms with Crippen molar-refractivity contribution in [3.8, 4) is 5.75 Å². The molecule has 4 nitrogen and oxygen atoms in total. The number of nitrogens with one attached hydrogen (secondary N) is 1. The lowest BCUT2D eigenvalue weighted by Gasteiger charge is -2.09. The van der Waals surface area contributed by atoms with Crippen LogP contribution in [0, 0.1) is 5.92 Å². The second-order valence-electron chi connectivity index (χ2n) is 4.06.